The van der Waals surface area contributed by atoms with Crippen molar-refractivity contribution in [1.82, 2.24) is 20.2 Å². The summed E-state index contributed by atoms with van der Waals surface area (Å²) >= 11 is 12.0. The van der Waals surface area contributed by atoms with Gasteiger partial charge in [-0.2, -0.15) is 0 Å². The van der Waals surface area contributed by atoms with E-state index in [1.807, 2.05) is 0 Å². The summed E-state index contributed by atoms with van der Waals surface area (Å²) in [7, 11) is 0. The van der Waals surface area contributed by atoms with Crippen molar-refractivity contribution in [1.29, 1.82) is 0 Å². The van der Waals surface area contributed by atoms with Crippen LogP contribution in [-0.4, -0.2) is 51.9 Å². The highest BCUT2D eigenvalue weighted by Crippen LogP contribution is 2.26. The minimum absolute atomic E-state index is 0.286. The van der Waals surface area contributed by atoms with E-state index in [4.69, 9.17) is 23.2 Å². The number of hydrogen-bond acceptors (Lipinski definition) is 5. The van der Waals surface area contributed by atoms with Crippen molar-refractivity contribution in [2.75, 3.05) is 25.1 Å². The number of amides is 2. The SMILES string of the molecule is C[C@@H](CF)Nc1ncc2c(n1)CN(C(=O)N[C@H](CO)c1ccc(Cl)c(Cl)c1)CC2. The first-order valence-electron chi connectivity index (χ1n) is 9.19. The summed E-state index contributed by atoms with van der Waals surface area (Å²) < 4.78 is 12.7. The first-order chi connectivity index (χ1) is 13.9. The van der Waals surface area contributed by atoms with Crippen LogP contribution in [0.1, 0.15) is 29.8 Å². The number of urea groups is 1. The molecule has 3 rings (SSSR count). The summed E-state index contributed by atoms with van der Waals surface area (Å²) in [5.74, 6) is 0.334. The first kappa shape index (κ1) is 21.5. The number of aromatic nitrogens is 2. The average molecular weight is 442 g/mol. The number of hydrogen-bond donors (Lipinski definition) is 3. The minimum atomic E-state index is -0.619. The highest BCUT2D eigenvalue weighted by Gasteiger charge is 2.25. The van der Waals surface area contributed by atoms with Crippen LogP contribution < -0.4 is 10.6 Å². The quantitative estimate of drug-likeness (QED) is 0.639. The maximum absolute atomic E-state index is 12.7. The maximum Gasteiger partial charge on any atom is 0.318 e. The molecule has 0 bridgehead atoms. The zero-order valence-electron chi connectivity index (χ0n) is 15.8. The Morgan fingerprint density at radius 3 is 2.86 bits per heavy atom. The lowest BCUT2D eigenvalue weighted by Crippen LogP contribution is -2.45. The van der Waals surface area contributed by atoms with Crippen LogP contribution in [0.3, 0.4) is 0 Å². The molecule has 2 amide bonds. The number of alkyl halides is 1. The number of aliphatic hydroxyl groups excluding tert-OH is 1. The zero-order chi connectivity index (χ0) is 21.0. The van der Waals surface area contributed by atoms with E-state index in [1.165, 1.54) is 0 Å². The molecule has 1 aromatic carbocycles. The van der Waals surface area contributed by atoms with Crippen LogP contribution in [0.4, 0.5) is 15.1 Å². The van der Waals surface area contributed by atoms with Gasteiger partial charge in [-0.15, -0.1) is 0 Å². The van der Waals surface area contributed by atoms with Crippen LogP contribution in [0.25, 0.3) is 0 Å². The standard InChI is InChI=1S/C19H22Cl2FN5O2/c1-11(7-22)24-18-23-8-13-4-5-27(9-16(13)25-18)19(29)26-17(10-28)12-2-3-14(20)15(21)6-12/h2-3,6,8,11,17,28H,4-5,7,9-10H2,1H3,(H,26,29)(H,23,24,25)/t11-,17+/m0/s1. The fourth-order valence-corrected chi connectivity index (χ4v) is 3.32. The Morgan fingerprint density at radius 1 is 1.38 bits per heavy atom. The second kappa shape index (κ2) is 9.56. The molecule has 0 fully saturated rings. The van der Waals surface area contributed by atoms with E-state index in [0.29, 0.717) is 46.8 Å². The van der Waals surface area contributed by atoms with Crippen LogP contribution in [0, 0.1) is 0 Å². The topological polar surface area (TPSA) is 90.4 Å². The van der Waals surface area contributed by atoms with Gasteiger partial charge in [-0.05, 0) is 36.6 Å². The molecule has 7 nitrogen and oxygen atoms in total. The fraction of sp³-hybridized carbons (Fsp3) is 0.421. The van der Waals surface area contributed by atoms with Crippen molar-refractivity contribution >= 4 is 35.2 Å². The molecule has 3 N–H and O–H groups in total. The van der Waals surface area contributed by atoms with Crippen molar-refractivity contribution in [3.8, 4) is 0 Å². The number of fused-ring (bicyclic) bond motifs is 1. The van der Waals surface area contributed by atoms with Crippen LogP contribution in [0.15, 0.2) is 24.4 Å². The number of halogens is 3. The number of aliphatic hydroxyl groups is 1. The monoisotopic (exact) mass is 441 g/mol. The lowest BCUT2D eigenvalue weighted by atomic mass is 10.1. The molecule has 0 aliphatic carbocycles. The van der Waals surface area contributed by atoms with Crippen LogP contribution in [-0.2, 0) is 13.0 Å². The second-order valence-corrected chi connectivity index (χ2v) is 7.71. The summed E-state index contributed by atoms with van der Waals surface area (Å²) in [6.07, 6.45) is 2.31. The molecule has 2 aromatic rings. The fourth-order valence-electron chi connectivity index (χ4n) is 3.01. The molecular formula is C19H22Cl2FN5O2. The molecule has 0 radical (unpaired) electrons. The summed E-state index contributed by atoms with van der Waals surface area (Å²) in [6, 6.07) is 3.60. The number of nitrogens with zero attached hydrogens (tertiary/aromatic N) is 3. The molecule has 1 aromatic heterocycles. The smallest absolute Gasteiger partial charge is 0.318 e. The molecule has 0 saturated heterocycles. The predicted octanol–water partition coefficient (Wildman–Crippen LogP) is 3.35. The Morgan fingerprint density at radius 2 is 2.17 bits per heavy atom. The largest absolute Gasteiger partial charge is 0.394 e. The van der Waals surface area contributed by atoms with Crippen molar-refractivity contribution < 1.29 is 14.3 Å². The second-order valence-electron chi connectivity index (χ2n) is 6.89. The Hall–Kier alpha value is -2.16. The number of carbonyl (C=O) groups is 1. The van der Waals surface area contributed by atoms with E-state index in [0.717, 1.165) is 5.56 Å². The van der Waals surface area contributed by atoms with Gasteiger partial charge in [0.05, 0.1) is 41.0 Å². The molecule has 2 heterocycles. The van der Waals surface area contributed by atoms with Crippen molar-refractivity contribution in [3.05, 3.63) is 51.3 Å². The van der Waals surface area contributed by atoms with Gasteiger partial charge in [-0.3, -0.25) is 0 Å². The molecule has 0 saturated carbocycles. The normalized spacial score (nSPS) is 15.4. The van der Waals surface area contributed by atoms with E-state index >= 15 is 0 Å². The van der Waals surface area contributed by atoms with Crippen LogP contribution in [0.2, 0.25) is 10.0 Å². The predicted molar refractivity (Wildman–Crippen MR) is 110 cm³/mol. The molecule has 1 aliphatic heterocycles. The van der Waals surface area contributed by atoms with Gasteiger partial charge in [0.2, 0.25) is 5.95 Å². The Kier molecular flexibility index (Phi) is 7.10. The summed E-state index contributed by atoms with van der Waals surface area (Å²) in [6.45, 7) is 1.66. The number of nitrogens with one attached hydrogen (secondary N) is 2. The van der Waals surface area contributed by atoms with Gasteiger partial charge >= 0.3 is 6.03 Å². The highest BCUT2D eigenvalue weighted by molar-refractivity contribution is 6.42. The van der Waals surface area contributed by atoms with Gasteiger partial charge in [0.1, 0.15) is 6.67 Å². The minimum Gasteiger partial charge on any atom is -0.394 e. The van der Waals surface area contributed by atoms with Crippen molar-refractivity contribution in [3.63, 3.8) is 0 Å². The molecule has 1 aliphatic rings. The van der Waals surface area contributed by atoms with Gasteiger partial charge in [0, 0.05) is 12.7 Å². The molecule has 0 spiro atoms. The average Bonchev–Trinajstić information content (AvgIpc) is 2.73. The Balaban J connectivity index is 1.69. The molecule has 10 heteroatoms. The maximum atomic E-state index is 12.7. The third-order valence-electron chi connectivity index (χ3n) is 4.67. The molecule has 0 unspecified atom stereocenters. The summed E-state index contributed by atoms with van der Waals surface area (Å²) in [4.78, 5) is 23.0. The zero-order valence-corrected chi connectivity index (χ0v) is 17.3. The highest BCUT2D eigenvalue weighted by atomic mass is 35.5. The van der Waals surface area contributed by atoms with Gasteiger partial charge in [-0.1, -0.05) is 29.3 Å². The molecule has 29 heavy (non-hydrogen) atoms. The van der Waals surface area contributed by atoms with E-state index in [9.17, 15) is 14.3 Å². The first-order valence-corrected chi connectivity index (χ1v) is 9.95. The Labute approximate surface area is 178 Å². The molecule has 156 valence electrons. The van der Waals surface area contributed by atoms with Crippen molar-refractivity contribution in [2.24, 2.45) is 0 Å². The van der Waals surface area contributed by atoms with E-state index in [1.54, 1.807) is 36.2 Å². The van der Waals surface area contributed by atoms with E-state index in [2.05, 4.69) is 20.6 Å². The number of rotatable bonds is 6. The lowest BCUT2D eigenvalue weighted by molar-refractivity contribution is 0.176. The third-order valence-corrected chi connectivity index (χ3v) is 5.41. The molecule has 2 atom stereocenters. The Bertz CT molecular complexity index is 886. The van der Waals surface area contributed by atoms with Crippen molar-refractivity contribution in [2.45, 2.75) is 32.0 Å². The number of anilines is 1. The lowest BCUT2D eigenvalue weighted by Gasteiger charge is -2.30. The summed E-state index contributed by atoms with van der Waals surface area (Å²) in [5.41, 5.74) is 2.32. The van der Waals surface area contributed by atoms with Gasteiger partial charge in [0.15, 0.2) is 0 Å². The van der Waals surface area contributed by atoms with E-state index in [-0.39, 0.29) is 12.6 Å². The summed E-state index contributed by atoms with van der Waals surface area (Å²) in [5, 5.41) is 16.2. The molecular weight excluding hydrogens is 420 g/mol. The van der Waals surface area contributed by atoms with Crippen LogP contribution in [0.5, 0.6) is 0 Å². The van der Waals surface area contributed by atoms with E-state index < -0.39 is 18.8 Å². The van der Waals surface area contributed by atoms with Gasteiger partial charge in [-0.25, -0.2) is 19.2 Å². The van der Waals surface area contributed by atoms with Crippen LogP contribution >= 0.6 is 23.2 Å². The number of carbonyl (C=O) groups excluding carboxylic acids is 1. The van der Waals surface area contributed by atoms with Gasteiger partial charge < -0.3 is 20.6 Å². The third kappa shape index (κ3) is 5.26. The van der Waals surface area contributed by atoms with Gasteiger partial charge in [0.25, 0.3) is 0 Å². The number of benzene rings is 1.